The van der Waals surface area contributed by atoms with Crippen LogP contribution in [0.1, 0.15) is 0 Å². The summed E-state index contributed by atoms with van der Waals surface area (Å²) in [7, 11) is 0. The van der Waals surface area contributed by atoms with Crippen LogP contribution in [0.2, 0.25) is 0 Å². The van der Waals surface area contributed by atoms with Crippen molar-refractivity contribution in [2.75, 3.05) is 0 Å². The van der Waals surface area contributed by atoms with Gasteiger partial charge in [-0.25, -0.2) is 14.4 Å². The number of nitrogens with one attached hydrogen (secondary N) is 3. The van der Waals surface area contributed by atoms with Gasteiger partial charge in [-0.2, -0.15) is 0 Å². The molecular formula is C3H8N3O4SnZn. The zero-order valence-corrected chi connectivity index (χ0v) is 15.1. The largest absolute Gasteiger partial charge is 0 e. The molecule has 0 atom stereocenters. The van der Waals surface area contributed by atoms with E-state index in [-0.39, 0.29) is 48.9 Å². The van der Waals surface area contributed by atoms with Crippen LogP contribution in [0.25, 0.3) is 0 Å². The molecule has 0 amide bonds. The van der Waals surface area contributed by atoms with Crippen LogP contribution >= 0.6 is 0 Å². The van der Waals surface area contributed by atoms with Gasteiger partial charge in [-0.3, -0.25) is 15.0 Å². The van der Waals surface area contributed by atoms with Crippen molar-refractivity contribution in [3.63, 3.8) is 0 Å². The van der Waals surface area contributed by atoms with Crippen LogP contribution in [0.5, 0.6) is 0 Å². The molecular weight excluding hydrogens is 326 g/mol. The van der Waals surface area contributed by atoms with Gasteiger partial charge in [0.1, 0.15) is 0 Å². The number of hydrogen-bond donors (Lipinski definition) is 3. The molecule has 9 heteroatoms. The second-order valence-electron chi connectivity index (χ2n) is 1.36. The van der Waals surface area contributed by atoms with Crippen molar-refractivity contribution in [2.45, 2.75) is 0 Å². The summed E-state index contributed by atoms with van der Waals surface area (Å²) in [5.74, 6) is 0. The summed E-state index contributed by atoms with van der Waals surface area (Å²) in [5, 5.41) is 0. The summed E-state index contributed by atoms with van der Waals surface area (Å²) in [5.41, 5.74) is -2.41. The van der Waals surface area contributed by atoms with Gasteiger partial charge in [0.25, 0.3) is 0 Å². The van der Waals surface area contributed by atoms with Crippen LogP contribution in [0.4, 0.5) is 0 Å². The molecule has 0 saturated heterocycles. The molecule has 0 saturated carbocycles. The topological polar surface area (TPSA) is 130 Å². The average molecular weight is 334 g/mol. The Balaban J connectivity index is -0.000000270. The van der Waals surface area contributed by atoms with Gasteiger partial charge in [-0.15, -0.1) is 0 Å². The van der Waals surface area contributed by atoms with Gasteiger partial charge >= 0.3 is 41.0 Å². The summed E-state index contributed by atoms with van der Waals surface area (Å²) in [6, 6.07) is 0. The molecule has 5 N–H and O–H groups in total. The van der Waals surface area contributed by atoms with Gasteiger partial charge in [0.15, 0.2) is 0 Å². The average Bonchev–Trinajstić information content (AvgIpc) is 1.59. The Morgan fingerprint density at radius 1 is 0.750 bits per heavy atom. The molecule has 1 aromatic rings. The quantitative estimate of drug-likeness (QED) is 0.415. The molecule has 7 nitrogen and oxygen atoms in total. The Morgan fingerprint density at radius 2 is 0.917 bits per heavy atom. The second kappa shape index (κ2) is 7.44. The fourth-order valence-electron chi connectivity index (χ4n) is 0.403. The zero-order valence-electron chi connectivity index (χ0n) is 6.43. The number of rotatable bonds is 0. The molecule has 0 unspecified atom stereocenters. The van der Waals surface area contributed by atoms with Crippen LogP contribution < -0.4 is 17.1 Å². The Kier molecular flexibility index (Phi) is 11.0. The Labute approximate surface area is 95.0 Å². The summed E-state index contributed by atoms with van der Waals surface area (Å²) in [4.78, 5) is 35.9. The Morgan fingerprint density at radius 3 is 1.08 bits per heavy atom. The molecule has 12 heavy (non-hydrogen) atoms. The van der Waals surface area contributed by atoms with Crippen molar-refractivity contribution in [2.24, 2.45) is 0 Å². The van der Waals surface area contributed by atoms with Gasteiger partial charge in [0.05, 0.1) is 0 Å². The number of hydrogen-bond acceptors (Lipinski definition) is 3. The van der Waals surface area contributed by atoms with E-state index in [1.807, 2.05) is 0 Å². The van der Waals surface area contributed by atoms with Gasteiger partial charge in [-0.05, 0) is 0 Å². The first kappa shape index (κ1) is 17.8. The number of aromatic nitrogens is 3. The third-order valence-electron chi connectivity index (χ3n) is 0.681. The van der Waals surface area contributed by atoms with Gasteiger partial charge in [0.2, 0.25) is 0 Å². The standard InChI is InChI=1S/C3H3N3O3.H2O.Sn.Zn.3H/c7-1-4-2(8)6-3(9)5-1;;;;;;/h(H3,4,5,6,7,8,9);1H2;;;;;. The van der Waals surface area contributed by atoms with Crippen molar-refractivity contribution in [3.05, 3.63) is 31.5 Å². The smallest absolute Gasteiger partial charge is 0 e. The minimum Gasteiger partial charge on any atom is 0 e. The molecule has 0 spiro atoms. The van der Waals surface area contributed by atoms with Crippen molar-refractivity contribution < 1.29 is 25.0 Å². The molecule has 65 valence electrons. The maximum absolute atomic E-state index is 10.2. The van der Waals surface area contributed by atoms with E-state index in [0.29, 0.717) is 0 Å². The molecule has 0 aromatic carbocycles. The van der Waals surface area contributed by atoms with E-state index in [4.69, 9.17) is 0 Å². The van der Waals surface area contributed by atoms with Gasteiger partial charge in [0, 0.05) is 19.5 Å². The van der Waals surface area contributed by atoms with Crippen LogP contribution in [-0.4, -0.2) is 44.3 Å². The van der Waals surface area contributed by atoms with Crippen LogP contribution in [0.15, 0.2) is 14.4 Å². The van der Waals surface area contributed by atoms with Crippen LogP contribution in [0, 0.1) is 0 Å². The zero-order chi connectivity index (χ0) is 6.85. The maximum Gasteiger partial charge on any atom is 0 e. The summed E-state index contributed by atoms with van der Waals surface area (Å²) in [6.45, 7) is 0. The monoisotopic (exact) mass is 334 g/mol. The third kappa shape index (κ3) is 5.44. The minimum atomic E-state index is -0.802. The van der Waals surface area contributed by atoms with E-state index < -0.39 is 17.1 Å². The predicted octanol–water partition coefficient (Wildman–Crippen LogP) is -4.26. The van der Waals surface area contributed by atoms with E-state index in [2.05, 4.69) is 0 Å². The summed E-state index contributed by atoms with van der Waals surface area (Å²) < 4.78 is 0. The van der Waals surface area contributed by atoms with Crippen molar-refractivity contribution in [1.82, 2.24) is 15.0 Å². The molecule has 1 rings (SSSR count). The van der Waals surface area contributed by atoms with E-state index >= 15 is 0 Å². The first-order valence-corrected chi connectivity index (χ1v) is 2.11. The van der Waals surface area contributed by atoms with Gasteiger partial charge in [-0.1, -0.05) is 0 Å². The fraction of sp³-hybridized carbons (Fsp3) is 0. The molecule has 1 heterocycles. The second-order valence-corrected chi connectivity index (χ2v) is 1.36. The van der Waals surface area contributed by atoms with Crippen molar-refractivity contribution in [1.29, 1.82) is 0 Å². The van der Waals surface area contributed by atoms with Crippen molar-refractivity contribution >= 4 is 23.9 Å². The van der Waals surface area contributed by atoms with Crippen LogP contribution in [0.3, 0.4) is 0 Å². The number of aromatic amines is 3. The van der Waals surface area contributed by atoms with Crippen molar-refractivity contribution in [3.8, 4) is 0 Å². The Bertz CT molecular complexity index is 288. The predicted molar refractivity (Wildman–Crippen MR) is 41.9 cm³/mol. The van der Waals surface area contributed by atoms with Crippen LogP contribution in [-0.2, 0) is 19.5 Å². The third-order valence-corrected chi connectivity index (χ3v) is 0.681. The first-order chi connectivity index (χ1) is 4.18. The normalized spacial score (nSPS) is 7.00. The summed E-state index contributed by atoms with van der Waals surface area (Å²) in [6.07, 6.45) is 0. The number of H-pyrrole nitrogens is 3. The molecule has 1 radical (unpaired) electrons. The minimum absolute atomic E-state index is 0. The molecule has 0 aliphatic carbocycles. The molecule has 0 fully saturated rings. The maximum atomic E-state index is 10.2. The van der Waals surface area contributed by atoms with E-state index in [9.17, 15) is 14.4 Å². The molecule has 0 bridgehead atoms. The van der Waals surface area contributed by atoms with Gasteiger partial charge < -0.3 is 5.48 Å². The first-order valence-electron chi connectivity index (χ1n) is 2.11. The molecule has 1 aromatic heterocycles. The molecule has 0 aliphatic rings. The van der Waals surface area contributed by atoms with E-state index in [1.54, 1.807) is 15.0 Å². The summed E-state index contributed by atoms with van der Waals surface area (Å²) >= 11 is 0. The molecule has 0 aliphatic heterocycles. The Hall–Kier alpha value is -0.208. The SMILES string of the molecule is O.O=c1[nH]c(=O)[nH]c(=O)[nH]1.[SnH3].[Zn]. The fourth-order valence-corrected chi connectivity index (χ4v) is 0.403. The van der Waals surface area contributed by atoms with E-state index in [0.717, 1.165) is 0 Å². The van der Waals surface area contributed by atoms with E-state index in [1.165, 1.54) is 0 Å².